The number of benzene rings is 1. The summed E-state index contributed by atoms with van der Waals surface area (Å²) < 4.78 is 37.8. The second kappa shape index (κ2) is 8.46. The number of rotatable bonds is 7. The van der Waals surface area contributed by atoms with E-state index in [0.29, 0.717) is 6.61 Å². The zero-order valence-corrected chi connectivity index (χ0v) is 15.9. The van der Waals surface area contributed by atoms with Crippen molar-refractivity contribution in [2.45, 2.75) is 17.7 Å². The number of esters is 1. The van der Waals surface area contributed by atoms with E-state index in [4.69, 9.17) is 16.3 Å². The molecule has 1 aliphatic heterocycles. The van der Waals surface area contributed by atoms with Gasteiger partial charge in [0.15, 0.2) is 0 Å². The molecule has 1 aromatic carbocycles. The van der Waals surface area contributed by atoms with Gasteiger partial charge in [-0.2, -0.15) is 0 Å². The maximum Gasteiger partial charge on any atom is 0.337 e. The van der Waals surface area contributed by atoms with E-state index in [1.807, 2.05) is 0 Å². The Labute approximate surface area is 153 Å². The third-order valence-electron chi connectivity index (χ3n) is 4.39. The highest BCUT2D eigenvalue weighted by molar-refractivity contribution is 7.89. The smallest absolute Gasteiger partial charge is 0.337 e. The standard InChI is InChI=1S/C16H23ClN2O5S/c1-23-11-16(5-7-18-8-6-16)10-19-25(21,22)14-4-3-12(9-13(14)17)15(20)24-2/h3-4,9,18-19H,5-8,10-11H2,1-2H3. The number of hydrogen-bond donors (Lipinski definition) is 2. The number of halogens is 1. The first-order valence-electron chi connectivity index (χ1n) is 7.91. The van der Waals surface area contributed by atoms with Gasteiger partial charge in [-0.25, -0.2) is 17.9 Å². The quantitative estimate of drug-likeness (QED) is 0.684. The molecule has 0 aliphatic carbocycles. The number of ether oxygens (including phenoxy) is 2. The topological polar surface area (TPSA) is 93.7 Å². The Morgan fingerprint density at radius 2 is 2.00 bits per heavy atom. The molecule has 1 aliphatic rings. The molecule has 0 radical (unpaired) electrons. The first-order valence-corrected chi connectivity index (χ1v) is 9.77. The largest absolute Gasteiger partial charge is 0.465 e. The number of carbonyl (C=O) groups excluding carboxylic acids is 1. The van der Waals surface area contributed by atoms with Crippen molar-refractivity contribution < 1.29 is 22.7 Å². The average molecular weight is 391 g/mol. The van der Waals surface area contributed by atoms with Crippen LogP contribution in [0.1, 0.15) is 23.2 Å². The fraction of sp³-hybridized carbons (Fsp3) is 0.562. The van der Waals surface area contributed by atoms with Crippen LogP contribution in [0.5, 0.6) is 0 Å². The van der Waals surface area contributed by atoms with Crippen LogP contribution in [0.15, 0.2) is 23.1 Å². The monoisotopic (exact) mass is 390 g/mol. The van der Waals surface area contributed by atoms with E-state index in [1.165, 1.54) is 25.3 Å². The molecule has 0 spiro atoms. The molecule has 2 rings (SSSR count). The molecule has 0 amide bonds. The van der Waals surface area contributed by atoms with Gasteiger partial charge >= 0.3 is 5.97 Å². The van der Waals surface area contributed by atoms with Gasteiger partial charge in [-0.05, 0) is 44.1 Å². The number of piperidine rings is 1. The number of nitrogens with one attached hydrogen (secondary N) is 2. The van der Waals surface area contributed by atoms with Gasteiger partial charge in [-0.15, -0.1) is 0 Å². The van der Waals surface area contributed by atoms with Crippen LogP contribution in [0.25, 0.3) is 0 Å². The van der Waals surface area contributed by atoms with Crippen molar-refractivity contribution in [2.24, 2.45) is 5.41 Å². The average Bonchev–Trinajstić information content (AvgIpc) is 2.60. The number of sulfonamides is 1. The molecule has 0 saturated carbocycles. The van der Waals surface area contributed by atoms with Gasteiger partial charge in [-0.3, -0.25) is 0 Å². The molecule has 1 saturated heterocycles. The predicted molar refractivity (Wildman–Crippen MR) is 94.4 cm³/mol. The summed E-state index contributed by atoms with van der Waals surface area (Å²) >= 11 is 6.07. The summed E-state index contributed by atoms with van der Waals surface area (Å²) in [4.78, 5) is 11.4. The highest BCUT2D eigenvalue weighted by Crippen LogP contribution is 2.30. The first-order chi connectivity index (χ1) is 11.8. The molecule has 1 aromatic rings. The van der Waals surface area contributed by atoms with Crippen molar-refractivity contribution >= 4 is 27.6 Å². The lowest BCUT2D eigenvalue weighted by molar-refractivity contribution is 0.0577. The summed E-state index contributed by atoms with van der Waals surface area (Å²) in [5.74, 6) is -0.576. The lowest BCUT2D eigenvalue weighted by Gasteiger charge is -2.37. The van der Waals surface area contributed by atoms with Gasteiger partial charge in [0, 0.05) is 19.1 Å². The van der Waals surface area contributed by atoms with Crippen molar-refractivity contribution in [2.75, 3.05) is 40.5 Å². The first kappa shape index (κ1) is 20.1. The molecule has 2 N–H and O–H groups in total. The SMILES string of the molecule is COCC1(CNS(=O)(=O)c2ccc(C(=O)OC)cc2Cl)CCNCC1. The minimum atomic E-state index is -3.81. The van der Waals surface area contributed by atoms with Crippen molar-refractivity contribution in [3.8, 4) is 0 Å². The molecule has 7 nitrogen and oxygen atoms in total. The second-order valence-electron chi connectivity index (χ2n) is 6.14. The van der Waals surface area contributed by atoms with Crippen LogP contribution in [0.3, 0.4) is 0 Å². The molecule has 0 bridgehead atoms. The molecule has 0 aromatic heterocycles. The summed E-state index contributed by atoms with van der Waals surface area (Å²) in [5, 5.41) is 3.23. The van der Waals surface area contributed by atoms with Gasteiger partial charge < -0.3 is 14.8 Å². The molecular weight excluding hydrogens is 368 g/mol. The van der Waals surface area contributed by atoms with E-state index < -0.39 is 16.0 Å². The van der Waals surface area contributed by atoms with Crippen molar-refractivity contribution in [3.05, 3.63) is 28.8 Å². The van der Waals surface area contributed by atoms with E-state index in [1.54, 1.807) is 7.11 Å². The molecule has 9 heteroatoms. The van der Waals surface area contributed by atoms with Gasteiger partial charge in [0.05, 0.1) is 24.3 Å². The third kappa shape index (κ3) is 4.92. The second-order valence-corrected chi connectivity index (χ2v) is 8.29. The van der Waals surface area contributed by atoms with Crippen molar-refractivity contribution in [1.82, 2.24) is 10.0 Å². The van der Waals surface area contributed by atoms with E-state index in [9.17, 15) is 13.2 Å². The van der Waals surface area contributed by atoms with E-state index in [2.05, 4.69) is 14.8 Å². The maximum atomic E-state index is 12.6. The Bertz CT molecular complexity index is 712. The number of hydrogen-bond acceptors (Lipinski definition) is 6. The Morgan fingerprint density at radius 3 is 2.56 bits per heavy atom. The third-order valence-corrected chi connectivity index (χ3v) is 6.28. The highest BCUT2D eigenvalue weighted by Gasteiger charge is 2.34. The maximum absolute atomic E-state index is 12.6. The molecule has 0 unspecified atom stereocenters. The summed E-state index contributed by atoms with van der Waals surface area (Å²) in [5.41, 5.74) is -0.0495. The molecule has 1 heterocycles. The van der Waals surface area contributed by atoms with E-state index >= 15 is 0 Å². The minimum absolute atomic E-state index is 0.0264. The fourth-order valence-electron chi connectivity index (χ4n) is 2.92. The van der Waals surface area contributed by atoms with Gasteiger partial charge in [-0.1, -0.05) is 11.6 Å². The minimum Gasteiger partial charge on any atom is -0.465 e. The summed E-state index contributed by atoms with van der Waals surface area (Å²) in [7, 11) is -0.947. The van der Waals surface area contributed by atoms with Gasteiger partial charge in [0.1, 0.15) is 4.90 Å². The Kier molecular flexibility index (Phi) is 6.81. The van der Waals surface area contributed by atoms with Crippen molar-refractivity contribution in [1.29, 1.82) is 0 Å². The van der Waals surface area contributed by atoms with Gasteiger partial charge in [0.25, 0.3) is 0 Å². The molecule has 25 heavy (non-hydrogen) atoms. The van der Waals surface area contributed by atoms with Crippen LogP contribution in [-0.4, -0.2) is 54.8 Å². The molecular formula is C16H23ClN2O5S. The fourth-order valence-corrected chi connectivity index (χ4v) is 4.62. The van der Waals surface area contributed by atoms with Crippen molar-refractivity contribution in [3.63, 3.8) is 0 Å². The predicted octanol–water partition coefficient (Wildman–Crippen LogP) is 1.42. The molecule has 1 fully saturated rings. The highest BCUT2D eigenvalue weighted by atomic mass is 35.5. The van der Waals surface area contributed by atoms with E-state index in [0.717, 1.165) is 25.9 Å². The lowest BCUT2D eigenvalue weighted by atomic mass is 9.80. The molecule has 140 valence electrons. The van der Waals surface area contributed by atoms with Crippen LogP contribution >= 0.6 is 11.6 Å². The summed E-state index contributed by atoms with van der Waals surface area (Å²) in [6.45, 7) is 2.38. The Balaban J connectivity index is 2.17. The normalized spacial score (nSPS) is 17.2. The number of carbonyl (C=O) groups is 1. The van der Waals surface area contributed by atoms with Crippen LogP contribution in [0, 0.1) is 5.41 Å². The summed E-state index contributed by atoms with van der Waals surface area (Å²) in [6, 6.07) is 3.97. The Morgan fingerprint density at radius 1 is 1.32 bits per heavy atom. The van der Waals surface area contributed by atoms with Gasteiger partial charge in [0.2, 0.25) is 10.0 Å². The zero-order chi connectivity index (χ0) is 18.5. The zero-order valence-electron chi connectivity index (χ0n) is 14.3. The van der Waals surface area contributed by atoms with Crippen LogP contribution in [-0.2, 0) is 19.5 Å². The molecule has 0 atom stereocenters. The van der Waals surface area contributed by atoms with Crippen LogP contribution in [0.4, 0.5) is 0 Å². The number of methoxy groups -OCH3 is 2. The van der Waals surface area contributed by atoms with E-state index in [-0.39, 0.29) is 27.4 Å². The van der Waals surface area contributed by atoms with Crippen LogP contribution < -0.4 is 10.0 Å². The van der Waals surface area contributed by atoms with Crippen LogP contribution in [0.2, 0.25) is 5.02 Å². The lowest BCUT2D eigenvalue weighted by Crippen LogP contribution is -2.47. The summed E-state index contributed by atoms with van der Waals surface area (Å²) in [6.07, 6.45) is 1.64. The Hall–Kier alpha value is -1.19.